The first-order chi connectivity index (χ1) is 10.3. The smallest absolute Gasteiger partial charge is 0.339 e. The van der Waals surface area contributed by atoms with Gasteiger partial charge in [-0.25, -0.2) is 4.79 Å². The minimum atomic E-state index is -0.371. The van der Waals surface area contributed by atoms with Crippen molar-refractivity contribution in [3.8, 4) is 11.8 Å². The van der Waals surface area contributed by atoms with E-state index in [1.54, 1.807) is 30.3 Å². The fraction of sp³-hybridized carbons (Fsp3) is 0.278. The normalized spacial score (nSPS) is 11.5. The number of esters is 1. The molecule has 0 aliphatic rings. The first-order valence-electron chi connectivity index (χ1n) is 6.81. The maximum absolute atomic E-state index is 11.6. The summed E-state index contributed by atoms with van der Waals surface area (Å²) in [5.41, 5.74) is 0.523. The molecule has 21 heavy (non-hydrogen) atoms. The third kappa shape index (κ3) is 7.14. The van der Waals surface area contributed by atoms with Gasteiger partial charge in [-0.05, 0) is 25.5 Å². The summed E-state index contributed by atoms with van der Waals surface area (Å²) in [5, 5.41) is 0. The molecule has 3 heteroatoms. The standard InChI is InChI=1S/C18H20O3/c1-3-10-17(11-4-2)20-14-8-9-15-21-18(19)16-12-6-5-7-13-16/h3-7,11-13,17H,1,10,14-15H2,2H3/b11-4+. The molecule has 1 aromatic carbocycles. The number of carbonyl (C=O) groups is 1. The van der Waals surface area contributed by atoms with Crippen LogP contribution in [0.1, 0.15) is 23.7 Å². The van der Waals surface area contributed by atoms with Gasteiger partial charge in [0.15, 0.2) is 6.61 Å². The van der Waals surface area contributed by atoms with Gasteiger partial charge in [0.2, 0.25) is 0 Å². The van der Waals surface area contributed by atoms with E-state index in [2.05, 4.69) is 18.4 Å². The third-order valence-corrected chi connectivity index (χ3v) is 2.59. The van der Waals surface area contributed by atoms with Crippen LogP contribution in [0.15, 0.2) is 55.1 Å². The lowest BCUT2D eigenvalue weighted by Gasteiger charge is -2.08. The molecule has 0 amide bonds. The van der Waals surface area contributed by atoms with Crippen LogP contribution in [0, 0.1) is 11.8 Å². The highest BCUT2D eigenvalue weighted by Gasteiger charge is 2.03. The summed E-state index contributed by atoms with van der Waals surface area (Å²) >= 11 is 0. The lowest BCUT2D eigenvalue weighted by atomic mass is 10.2. The maximum atomic E-state index is 11.6. The van der Waals surface area contributed by atoms with Crippen LogP contribution >= 0.6 is 0 Å². The van der Waals surface area contributed by atoms with Gasteiger partial charge >= 0.3 is 5.97 Å². The Labute approximate surface area is 126 Å². The van der Waals surface area contributed by atoms with E-state index in [0.29, 0.717) is 12.2 Å². The second kappa shape index (κ2) is 10.5. The van der Waals surface area contributed by atoms with Gasteiger partial charge in [-0.3, -0.25) is 0 Å². The number of benzene rings is 1. The number of hydrogen-bond donors (Lipinski definition) is 0. The fourth-order valence-electron chi connectivity index (χ4n) is 1.59. The molecule has 0 heterocycles. The summed E-state index contributed by atoms with van der Waals surface area (Å²) < 4.78 is 10.6. The molecular weight excluding hydrogens is 264 g/mol. The largest absolute Gasteiger partial charge is 0.449 e. The molecule has 0 aliphatic carbocycles. The second-order valence-electron chi connectivity index (χ2n) is 4.20. The van der Waals surface area contributed by atoms with E-state index in [1.165, 1.54) is 0 Å². The van der Waals surface area contributed by atoms with Crippen LogP contribution < -0.4 is 0 Å². The van der Waals surface area contributed by atoms with E-state index in [1.807, 2.05) is 25.1 Å². The first-order valence-corrected chi connectivity index (χ1v) is 6.81. The van der Waals surface area contributed by atoms with Crippen LogP contribution in [-0.4, -0.2) is 25.3 Å². The zero-order chi connectivity index (χ0) is 15.3. The molecule has 110 valence electrons. The highest BCUT2D eigenvalue weighted by molar-refractivity contribution is 5.89. The average Bonchev–Trinajstić information content (AvgIpc) is 2.51. The molecule has 0 saturated heterocycles. The molecule has 1 aromatic rings. The topological polar surface area (TPSA) is 35.5 Å². The van der Waals surface area contributed by atoms with Crippen molar-refractivity contribution < 1.29 is 14.3 Å². The monoisotopic (exact) mass is 284 g/mol. The zero-order valence-electron chi connectivity index (χ0n) is 12.2. The van der Waals surface area contributed by atoms with Gasteiger partial charge in [0.1, 0.15) is 6.61 Å². The maximum Gasteiger partial charge on any atom is 0.339 e. The van der Waals surface area contributed by atoms with E-state index in [-0.39, 0.29) is 18.7 Å². The molecule has 0 N–H and O–H groups in total. The summed E-state index contributed by atoms with van der Waals surface area (Å²) in [5.74, 6) is 5.21. The summed E-state index contributed by atoms with van der Waals surface area (Å²) in [6.45, 7) is 5.98. The predicted octanol–water partition coefficient (Wildman–Crippen LogP) is 3.38. The van der Waals surface area contributed by atoms with Crippen LogP contribution in [0.3, 0.4) is 0 Å². The molecule has 0 radical (unpaired) electrons. The van der Waals surface area contributed by atoms with E-state index in [4.69, 9.17) is 9.47 Å². The molecular formula is C18H20O3. The summed E-state index contributed by atoms with van der Waals surface area (Å²) in [7, 11) is 0. The number of rotatable bonds is 7. The number of carbonyl (C=O) groups excluding carboxylic acids is 1. The third-order valence-electron chi connectivity index (χ3n) is 2.59. The van der Waals surface area contributed by atoms with Gasteiger partial charge in [-0.15, -0.1) is 6.58 Å². The van der Waals surface area contributed by atoms with Crippen LogP contribution in [0.4, 0.5) is 0 Å². The van der Waals surface area contributed by atoms with E-state index in [9.17, 15) is 4.79 Å². The Morgan fingerprint density at radius 3 is 2.67 bits per heavy atom. The lowest BCUT2D eigenvalue weighted by Crippen LogP contribution is -2.09. The molecule has 0 saturated carbocycles. The Hall–Kier alpha value is -2.31. The van der Waals surface area contributed by atoms with E-state index >= 15 is 0 Å². The van der Waals surface area contributed by atoms with E-state index < -0.39 is 0 Å². The van der Waals surface area contributed by atoms with Crippen molar-refractivity contribution in [2.45, 2.75) is 19.4 Å². The van der Waals surface area contributed by atoms with Gasteiger partial charge in [0.05, 0.1) is 11.7 Å². The van der Waals surface area contributed by atoms with Crippen molar-refractivity contribution in [2.24, 2.45) is 0 Å². The molecule has 1 unspecified atom stereocenters. The van der Waals surface area contributed by atoms with Gasteiger partial charge < -0.3 is 9.47 Å². The zero-order valence-corrected chi connectivity index (χ0v) is 12.2. The molecule has 0 aliphatic heterocycles. The molecule has 1 rings (SSSR count). The second-order valence-corrected chi connectivity index (χ2v) is 4.20. The van der Waals surface area contributed by atoms with Crippen molar-refractivity contribution in [1.82, 2.24) is 0 Å². The van der Waals surface area contributed by atoms with Crippen molar-refractivity contribution >= 4 is 5.97 Å². The minimum Gasteiger partial charge on any atom is -0.449 e. The SMILES string of the molecule is C=CCC(/C=C/C)OCC#CCOC(=O)c1ccccc1. The molecule has 0 aromatic heterocycles. The van der Waals surface area contributed by atoms with Crippen molar-refractivity contribution in [1.29, 1.82) is 0 Å². The molecule has 1 atom stereocenters. The Kier molecular flexibility index (Phi) is 8.35. The molecule has 0 fully saturated rings. The number of allylic oxidation sites excluding steroid dienone is 1. The van der Waals surface area contributed by atoms with Crippen LogP contribution in [0.25, 0.3) is 0 Å². The average molecular weight is 284 g/mol. The Bertz CT molecular complexity index is 520. The number of ether oxygens (including phenoxy) is 2. The summed E-state index contributed by atoms with van der Waals surface area (Å²) in [6.07, 6.45) is 6.44. The lowest BCUT2D eigenvalue weighted by molar-refractivity contribution is 0.0556. The Morgan fingerprint density at radius 2 is 2.00 bits per heavy atom. The highest BCUT2D eigenvalue weighted by atomic mass is 16.5. The van der Waals surface area contributed by atoms with Crippen LogP contribution in [0.5, 0.6) is 0 Å². The van der Waals surface area contributed by atoms with Gasteiger partial charge in [-0.2, -0.15) is 0 Å². The Balaban J connectivity index is 2.27. The quantitative estimate of drug-likeness (QED) is 0.437. The van der Waals surface area contributed by atoms with Gasteiger partial charge in [0, 0.05) is 0 Å². The minimum absolute atomic E-state index is 0.00586. The van der Waals surface area contributed by atoms with Crippen molar-refractivity contribution in [3.05, 3.63) is 60.7 Å². The van der Waals surface area contributed by atoms with Crippen molar-refractivity contribution in [2.75, 3.05) is 13.2 Å². The first kappa shape index (κ1) is 16.7. The highest BCUT2D eigenvalue weighted by Crippen LogP contribution is 2.01. The van der Waals surface area contributed by atoms with E-state index in [0.717, 1.165) is 6.42 Å². The summed E-state index contributed by atoms with van der Waals surface area (Å²) in [4.78, 5) is 11.6. The van der Waals surface area contributed by atoms with Crippen molar-refractivity contribution in [3.63, 3.8) is 0 Å². The molecule has 0 bridgehead atoms. The summed E-state index contributed by atoms with van der Waals surface area (Å²) in [6, 6.07) is 8.83. The number of hydrogen-bond acceptors (Lipinski definition) is 3. The van der Waals surface area contributed by atoms with Crippen LogP contribution in [-0.2, 0) is 9.47 Å². The van der Waals surface area contributed by atoms with Gasteiger partial charge in [0.25, 0.3) is 0 Å². The van der Waals surface area contributed by atoms with Crippen LogP contribution in [0.2, 0.25) is 0 Å². The molecule has 3 nitrogen and oxygen atoms in total. The predicted molar refractivity (Wildman–Crippen MR) is 83.9 cm³/mol. The Morgan fingerprint density at radius 1 is 1.29 bits per heavy atom. The van der Waals surface area contributed by atoms with Gasteiger partial charge in [-0.1, -0.05) is 48.3 Å². The fourth-order valence-corrected chi connectivity index (χ4v) is 1.59. The molecule has 0 spiro atoms.